The minimum absolute atomic E-state index is 0.176. The van der Waals surface area contributed by atoms with E-state index in [9.17, 15) is 14.4 Å². The summed E-state index contributed by atoms with van der Waals surface area (Å²) in [6, 6.07) is 6.88. The summed E-state index contributed by atoms with van der Waals surface area (Å²) < 4.78 is 0. The second-order valence-corrected chi connectivity index (χ2v) is 8.68. The fourth-order valence-electron chi connectivity index (χ4n) is 4.72. The number of nitrogens with zero attached hydrogens (tertiary/aromatic N) is 4. The number of carbonyl (C=O) groups excluding carboxylic acids is 3. The van der Waals surface area contributed by atoms with Crippen LogP contribution in [0.25, 0.3) is 0 Å². The molecule has 2 saturated heterocycles. The van der Waals surface area contributed by atoms with Crippen LogP contribution < -0.4 is 15.5 Å². The molecule has 2 unspecified atom stereocenters. The fraction of sp³-hybridized carbons (Fsp3) is 0.409. The Labute approximate surface area is 190 Å². The molecule has 10 heteroatoms. The van der Waals surface area contributed by atoms with Crippen molar-refractivity contribution >= 4 is 35.3 Å². The summed E-state index contributed by atoms with van der Waals surface area (Å²) in [6.07, 6.45) is 3.17. The molecule has 1 aromatic heterocycles. The molecule has 0 spiro atoms. The molecule has 0 radical (unpaired) electrons. The highest BCUT2D eigenvalue weighted by Crippen LogP contribution is 2.31. The normalized spacial score (nSPS) is 22.8. The van der Waals surface area contributed by atoms with E-state index < -0.39 is 11.9 Å². The van der Waals surface area contributed by atoms with E-state index in [1.807, 2.05) is 12.1 Å². The Morgan fingerprint density at radius 1 is 1.19 bits per heavy atom. The van der Waals surface area contributed by atoms with Crippen LogP contribution in [0.2, 0.25) is 5.15 Å². The van der Waals surface area contributed by atoms with Crippen molar-refractivity contribution in [2.75, 3.05) is 18.0 Å². The summed E-state index contributed by atoms with van der Waals surface area (Å²) in [5, 5.41) is 6.10. The first-order chi connectivity index (χ1) is 15.5. The average Bonchev–Trinajstić information content (AvgIpc) is 3.41. The number of hydrogen-bond acceptors (Lipinski definition) is 7. The Morgan fingerprint density at radius 2 is 2.06 bits per heavy atom. The van der Waals surface area contributed by atoms with Crippen LogP contribution >= 0.6 is 11.6 Å². The van der Waals surface area contributed by atoms with Gasteiger partial charge in [-0.2, -0.15) is 0 Å². The Balaban J connectivity index is 1.44. The first-order valence-corrected chi connectivity index (χ1v) is 11.1. The van der Waals surface area contributed by atoms with E-state index in [2.05, 4.69) is 25.5 Å². The van der Waals surface area contributed by atoms with Crippen molar-refractivity contribution in [1.29, 1.82) is 0 Å². The first kappa shape index (κ1) is 20.8. The Bertz CT molecular complexity index is 1090. The summed E-state index contributed by atoms with van der Waals surface area (Å²) in [7, 11) is 0. The molecular formula is C22H23ClN6O3. The van der Waals surface area contributed by atoms with E-state index in [1.165, 1.54) is 0 Å². The van der Waals surface area contributed by atoms with E-state index in [-0.39, 0.29) is 24.3 Å². The number of aromatic nitrogens is 2. The van der Waals surface area contributed by atoms with Crippen molar-refractivity contribution in [3.8, 4) is 0 Å². The molecule has 0 saturated carbocycles. The molecule has 2 fully saturated rings. The number of anilines is 1. The molecule has 1 aromatic carbocycles. The fourth-order valence-corrected chi connectivity index (χ4v) is 4.85. The van der Waals surface area contributed by atoms with Gasteiger partial charge >= 0.3 is 0 Å². The standard InChI is InChI=1S/C22H23ClN6O3/c23-18-7-9-25-22(26-18)28(14-6-8-24-10-14)11-13-2-1-3-15-16(13)12-29(21(15)32)17-4-5-19(30)27-20(17)31/h1-3,7,9,14,17,24H,4-6,8,10-12H2,(H,27,30,31). The van der Waals surface area contributed by atoms with Gasteiger partial charge in [0.15, 0.2) is 0 Å². The largest absolute Gasteiger partial charge is 0.332 e. The molecule has 2 N–H and O–H groups in total. The molecule has 32 heavy (non-hydrogen) atoms. The monoisotopic (exact) mass is 454 g/mol. The van der Waals surface area contributed by atoms with Gasteiger partial charge in [-0.15, -0.1) is 0 Å². The third-order valence-corrected chi connectivity index (χ3v) is 6.57. The number of hydrogen-bond donors (Lipinski definition) is 2. The van der Waals surface area contributed by atoms with Gasteiger partial charge < -0.3 is 15.1 Å². The predicted molar refractivity (Wildman–Crippen MR) is 117 cm³/mol. The van der Waals surface area contributed by atoms with Gasteiger partial charge in [-0.25, -0.2) is 9.97 Å². The molecule has 9 nitrogen and oxygen atoms in total. The number of rotatable bonds is 5. The molecule has 0 bridgehead atoms. The summed E-state index contributed by atoms with van der Waals surface area (Å²) in [5.41, 5.74) is 2.49. The number of halogens is 1. The van der Waals surface area contributed by atoms with Crippen molar-refractivity contribution < 1.29 is 14.4 Å². The highest BCUT2D eigenvalue weighted by Gasteiger charge is 2.40. The van der Waals surface area contributed by atoms with Crippen LogP contribution in [0.4, 0.5) is 5.95 Å². The topological polar surface area (TPSA) is 108 Å². The number of imide groups is 1. The molecule has 2 atom stereocenters. The summed E-state index contributed by atoms with van der Waals surface area (Å²) in [6.45, 7) is 2.58. The third-order valence-electron chi connectivity index (χ3n) is 6.36. The number of nitrogens with one attached hydrogen (secondary N) is 2. The summed E-state index contributed by atoms with van der Waals surface area (Å²) in [4.78, 5) is 49.6. The highest BCUT2D eigenvalue weighted by atomic mass is 35.5. The minimum Gasteiger partial charge on any atom is -0.332 e. The van der Waals surface area contributed by atoms with Crippen LogP contribution in [-0.2, 0) is 22.7 Å². The maximum absolute atomic E-state index is 13.1. The highest BCUT2D eigenvalue weighted by molar-refractivity contribution is 6.29. The average molecular weight is 455 g/mol. The smallest absolute Gasteiger partial charge is 0.255 e. The molecule has 166 valence electrons. The zero-order chi connectivity index (χ0) is 22.2. The second kappa shape index (κ2) is 8.48. The lowest BCUT2D eigenvalue weighted by Gasteiger charge is -2.30. The Morgan fingerprint density at radius 3 is 2.81 bits per heavy atom. The molecule has 3 aliphatic heterocycles. The zero-order valence-corrected chi connectivity index (χ0v) is 18.1. The number of piperidine rings is 1. The zero-order valence-electron chi connectivity index (χ0n) is 17.4. The van der Waals surface area contributed by atoms with E-state index in [1.54, 1.807) is 23.2 Å². The lowest BCUT2D eigenvalue weighted by atomic mass is 10.0. The van der Waals surface area contributed by atoms with E-state index in [4.69, 9.17) is 11.6 Å². The Hall–Kier alpha value is -3.04. The van der Waals surface area contributed by atoms with Gasteiger partial charge in [0, 0.05) is 43.9 Å². The molecule has 5 rings (SSSR count). The van der Waals surface area contributed by atoms with Crippen molar-refractivity contribution in [1.82, 2.24) is 25.5 Å². The first-order valence-electron chi connectivity index (χ1n) is 10.7. The lowest BCUT2D eigenvalue weighted by Crippen LogP contribution is -2.52. The van der Waals surface area contributed by atoms with E-state index >= 15 is 0 Å². The SMILES string of the molecule is O=C1CCC(N2Cc3c(CN(c4nccc(Cl)n4)C4CCNC4)cccc3C2=O)C(=O)N1. The molecule has 4 heterocycles. The van der Waals surface area contributed by atoms with Crippen LogP contribution in [0, 0.1) is 0 Å². The number of fused-ring (bicyclic) bond motifs is 1. The number of amides is 3. The van der Waals surface area contributed by atoms with Gasteiger partial charge in [-0.1, -0.05) is 23.7 Å². The Kier molecular flexibility index (Phi) is 5.52. The van der Waals surface area contributed by atoms with Gasteiger partial charge in [0.1, 0.15) is 11.2 Å². The van der Waals surface area contributed by atoms with Gasteiger partial charge in [0.2, 0.25) is 17.8 Å². The van der Waals surface area contributed by atoms with Crippen molar-refractivity contribution in [3.63, 3.8) is 0 Å². The number of benzene rings is 1. The van der Waals surface area contributed by atoms with Crippen LogP contribution in [0.15, 0.2) is 30.5 Å². The quantitative estimate of drug-likeness (QED) is 0.517. The van der Waals surface area contributed by atoms with Gasteiger partial charge in [0.25, 0.3) is 5.91 Å². The lowest BCUT2D eigenvalue weighted by molar-refractivity contribution is -0.136. The maximum atomic E-state index is 13.1. The molecule has 0 aliphatic carbocycles. The maximum Gasteiger partial charge on any atom is 0.255 e. The number of carbonyl (C=O) groups is 3. The van der Waals surface area contributed by atoms with Gasteiger partial charge in [-0.3, -0.25) is 19.7 Å². The molecule has 3 aliphatic rings. The van der Waals surface area contributed by atoms with E-state index in [0.29, 0.717) is 36.2 Å². The molecule has 3 amide bonds. The third kappa shape index (κ3) is 3.82. The molecular weight excluding hydrogens is 432 g/mol. The minimum atomic E-state index is -0.633. The predicted octanol–water partition coefficient (Wildman–Crippen LogP) is 1.26. The van der Waals surface area contributed by atoms with Crippen LogP contribution in [0.5, 0.6) is 0 Å². The molecule has 2 aromatic rings. The van der Waals surface area contributed by atoms with Crippen molar-refractivity contribution in [2.45, 2.75) is 44.4 Å². The second-order valence-electron chi connectivity index (χ2n) is 8.30. The van der Waals surface area contributed by atoms with E-state index in [0.717, 1.165) is 30.6 Å². The van der Waals surface area contributed by atoms with Crippen molar-refractivity contribution in [2.24, 2.45) is 0 Å². The van der Waals surface area contributed by atoms with Crippen LogP contribution in [0.1, 0.15) is 40.7 Å². The van der Waals surface area contributed by atoms with Gasteiger partial charge in [-0.05, 0) is 42.6 Å². The van der Waals surface area contributed by atoms with Crippen LogP contribution in [0.3, 0.4) is 0 Å². The summed E-state index contributed by atoms with van der Waals surface area (Å²) >= 11 is 6.13. The van der Waals surface area contributed by atoms with Crippen LogP contribution in [-0.4, -0.2) is 57.8 Å². The van der Waals surface area contributed by atoms with Gasteiger partial charge in [0.05, 0.1) is 0 Å². The summed E-state index contributed by atoms with van der Waals surface area (Å²) in [5.74, 6) is -0.326. The van der Waals surface area contributed by atoms with Crippen molar-refractivity contribution in [3.05, 3.63) is 52.3 Å².